The number of anilines is 1. The lowest BCUT2D eigenvalue weighted by Gasteiger charge is -1.87. The Labute approximate surface area is 74.8 Å². The summed E-state index contributed by atoms with van der Waals surface area (Å²) in [4.78, 5) is 15.0. The van der Waals surface area contributed by atoms with Gasteiger partial charge in [0.2, 0.25) is 0 Å². The molecule has 1 heterocycles. The Morgan fingerprint density at radius 3 is 2.77 bits per heavy atom. The van der Waals surface area contributed by atoms with Crippen LogP contribution in [0.1, 0.15) is 0 Å². The molecule has 0 fully saturated rings. The average molecular weight is 172 g/mol. The number of hydrogen-bond acceptors (Lipinski definition) is 3. The van der Waals surface area contributed by atoms with E-state index >= 15 is 0 Å². The number of hydrogen-bond donors (Lipinski definition) is 1. The summed E-state index contributed by atoms with van der Waals surface area (Å²) in [5.41, 5.74) is 6.37. The third-order valence-corrected chi connectivity index (χ3v) is 1.78. The molecular formula is C10H8N2O. The number of nitrogens with zero attached hydrogens (tertiary/aromatic N) is 1. The van der Waals surface area contributed by atoms with Crippen molar-refractivity contribution in [3.05, 3.63) is 46.8 Å². The van der Waals surface area contributed by atoms with E-state index in [4.69, 9.17) is 5.73 Å². The minimum absolute atomic E-state index is 0.307. The summed E-state index contributed by atoms with van der Waals surface area (Å²) in [5, 5.41) is 0.877. The van der Waals surface area contributed by atoms with Crippen LogP contribution in [-0.4, -0.2) is 4.98 Å². The highest BCUT2D eigenvalue weighted by Gasteiger charge is 1.93. The molecule has 1 aromatic heterocycles. The van der Waals surface area contributed by atoms with Crippen molar-refractivity contribution < 1.29 is 0 Å². The number of rotatable bonds is 0. The normalized spacial score (nSPS) is 10.2. The van der Waals surface area contributed by atoms with Crippen LogP contribution in [0.15, 0.2) is 41.2 Å². The van der Waals surface area contributed by atoms with Crippen molar-refractivity contribution in [2.75, 3.05) is 5.73 Å². The predicted molar refractivity (Wildman–Crippen MR) is 52.4 cm³/mol. The second-order valence-corrected chi connectivity index (χ2v) is 2.80. The summed E-state index contributed by atoms with van der Waals surface area (Å²) >= 11 is 0. The fourth-order valence-electron chi connectivity index (χ4n) is 1.23. The maximum Gasteiger partial charge on any atom is 0.272 e. The Bertz CT molecular complexity index is 508. The number of nitrogens with two attached hydrogens (primary N) is 1. The van der Waals surface area contributed by atoms with E-state index in [-0.39, 0.29) is 5.56 Å². The second kappa shape index (κ2) is 2.86. The summed E-state index contributed by atoms with van der Waals surface area (Å²) in [6.45, 7) is 0. The highest BCUT2D eigenvalue weighted by molar-refractivity contribution is 5.79. The summed E-state index contributed by atoms with van der Waals surface area (Å²) in [7, 11) is 0. The summed E-state index contributed by atoms with van der Waals surface area (Å²) < 4.78 is 0. The molecule has 3 heteroatoms. The van der Waals surface area contributed by atoms with Crippen molar-refractivity contribution in [2.24, 2.45) is 0 Å². The molecule has 0 aliphatic carbocycles. The van der Waals surface area contributed by atoms with E-state index in [0.717, 1.165) is 5.39 Å². The van der Waals surface area contributed by atoms with Crippen LogP contribution in [0.2, 0.25) is 0 Å². The Morgan fingerprint density at radius 1 is 1.15 bits per heavy atom. The SMILES string of the molecule is Nc1cc(=O)nc2ccccc2c1. The second-order valence-electron chi connectivity index (χ2n) is 2.80. The molecule has 2 rings (SSSR count). The van der Waals surface area contributed by atoms with Crippen LogP contribution in [0.3, 0.4) is 0 Å². The number of aromatic nitrogens is 1. The van der Waals surface area contributed by atoms with E-state index in [1.54, 1.807) is 12.1 Å². The summed E-state index contributed by atoms with van der Waals surface area (Å²) in [5.74, 6) is 0. The largest absolute Gasteiger partial charge is 0.399 e. The molecule has 0 aliphatic heterocycles. The predicted octanol–water partition coefficient (Wildman–Crippen LogP) is 1.18. The molecule has 2 aromatic rings. The van der Waals surface area contributed by atoms with Crippen LogP contribution in [0.5, 0.6) is 0 Å². The molecule has 0 saturated heterocycles. The van der Waals surface area contributed by atoms with Gasteiger partial charge in [-0.2, -0.15) is 0 Å². The lowest BCUT2D eigenvalue weighted by atomic mass is 10.2. The monoisotopic (exact) mass is 172 g/mol. The Balaban J connectivity index is 2.98. The standard InChI is InChI=1S/C10H8N2O/c11-8-5-7-3-1-2-4-9(7)12-10(13)6-8/h1-6H,11H2. The van der Waals surface area contributed by atoms with Gasteiger partial charge < -0.3 is 5.73 Å². The summed E-state index contributed by atoms with van der Waals surface area (Å²) in [6, 6.07) is 10.4. The topological polar surface area (TPSA) is 56.0 Å². The molecule has 0 unspecified atom stereocenters. The van der Waals surface area contributed by atoms with E-state index in [0.29, 0.717) is 11.2 Å². The minimum atomic E-state index is -0.307. The van der Waals surface area contributed by atoms with Gasteiger partial charge in [-0.25, -0.2) is 4.98 Å². The fraction of sp³-hybridized carbons (Fsp3) is 0. The molecule has 13 heavy (non-hydrogen) atoms. The van der Waals surface area contributed by atoms with Crippen LogP contribution in [0, 0.1) is 0 Å². The van der Waals surface area contributed by atoms with E-state index in [9.17, 15) is 4.79 Å². The molecule has 2 N–H and O–H groups in total. The zero-order chi connectivity index (χ0) is 9.26. The minimum Gasteiger partial charge on any atom is -0.399 e. The van der Waals surface area contributed by atoms with Gasteiger partial charge in [0.15, 0.2) is 0 Å². The van der Waals surface area contributed by atoms with Crippen molar-refractivity contribution in [2.45, 2.75) is 0 Å². The first-order valence-corrected chi connectivity index (χ1v) is 3.92. The van der Waals surface area contributed by atoms with Gasteiger partial charge in [0.25, 0.3) is 5.56 Å². The zero-order valence-corrected chi connectivity index (χ0v) is 6.90. The molecular weight excluding hydrogens is 164 g/mol. The van der Waals surface area contributed by atoms with Crippen LogP contribution in [0.25, 0.3) is 10.9 Å². The van der Waals surface area contributed by atoms with E-state index < -0.39 is 0 Å². The molecule has 0 aliphatic rings. The van der Waals surface area contributed by atoms with E-state index in [2.05, 4.69) is 4.98 Å². The number of para-hydroxylation sites is 1. The Hall–Kier alpha value is -1.90. The molecule has 3 nitrogen and oxygen atoms in total. The highest BCUT2D eigenvalue weighted by Crippen LogP contribution is 2.10. The Kier molecular flexibility index (Phi) is 1.70. The van der Waals surface area contributed by atoms with E-state index in [1.165, 1.54) is 6.07 Å². The first-order chi connectivity index (χ1) is 6.25. The van der Waals surface area contributed by atoms with Crippen LogP contribution >= 0.6 is 0 Å². The zero-order valence-electron chi connectivity index (χ0n) is 6.90. The maximum atomic E-state index is 11.1. The number of fused-ring (bicyclic) bond motifs is 1. The molecule has 0 radical (unpaired) electrons. The molecule has 0 amide bonds. The molecule has 0 bridgehead atoms. The third kappa shape index (κ3) is 1.49. The number of benzene rings is 1. The molecule has 1 aromatic carbocycles. The molecule has 0 saturated carbocycles. The Morgan fingerprint density at radius 2 is 1.92 bits per heavy atom. The average Bonchev–Trinajstić information content (AvgIpc) is 2.20. The van der Waals surface area contributed by atoms with Gasteiger partial charge in [0.1, 0.15) is 0 Å². The van der Waals surface area contributed by atoms with Crippen molar-refractivity contribution in [3.8, 4) is 0 Å². The van der Waals surface area contributed by atoms with Crippen molar-refractivity contribution in [1.82, 2.24) is 4.98 Å². The van der Waals surface area contributed by atoms with Gasteiger partial charge in [-0.1, -0.05) is 18.2 Å². The summed E-state index contributed by atoms with van der Waals surface area (Å²) in [6.07, 6.45) is 0. The van der Waals surface area contributed by atoms with Crippen LogP contribution < -0.4 is 11.3 Å². The lowest BCUT2D eigenvalue weighted by molar-refractivity contribution is 1.33. The highest BCUT2D eigenvalue weighted by atomic mass is 16.1. The van der Waals surface area contributed by atoms with Gasteiger partial charge in [-0.05, 0) is 12.1 Å². The van der Waals surface area contributed by atoms with Gasteiger partial charge in [-0.15, -0.1) is 0 Å². The molecule has 64 valence electrons. The van der Waals surface area contributed by atoms with Gasteiger partial charge in [-0.3, -0.25) is 4.79 Å². The quantitative estimate of drug-likeness (QED) is 0.649. The maximum absolute atomic E-state index is 11.1. The van der Waals surface area contributed by atoms with Crippen LogP contribution in [-0.2, 0) is 0 Å². The third-order valence-electron chi connectivity index (χ3n) is 1.78. The van der Waals surface area contributed by atoms with Crippen molar-refractivity contribution >= 4 is 16.6 Å². The van der Waals surface area contributed by atoms with E-state index in [1.807, 2.05) is 18.2 Å². The fourth-order valence-corrected chi connectivity index (χ4v) is 1.23. The van der Waals surface area contributed by atoms with Crippen molar-refractivity contribution in [1.29, 1.82) is 0 Å². The van der Waals surface area contributed by atoms with Crippen molar-refractivity contribution in [3.63, 3.8) is 0 Å². The van der Waals surface area contributed by atoms with Gasteiger partial charge >= 0.3 is 0 Å². The first kappa shape index (κ1) is 7.73. The molecule has 0 atom stereocenters. The first-order valence-electron chi connectivity index (χ1n) is 3.92. The lowest BCUT2D eigenvalue weighted by Crippen LogP contribution is -1.99. The van der Waals surface area contributed by atoms with Gasteiger partial charge in [0.05, 0.1) is 5.52 Å². The molecule has 0 spiro atoms. The smallest absolute Gasteiger partial charge is 0.272 e. The van der Waals surface area contributed by atoms with Crippen LogP contribution in [0.4, 0.5) is 5.69 Å². The van der Waals surface area contributed by atoms with Gasteiger partial charge in [0, 0.05) is 17.1 Å². The number of nitrogen functional groups attached to an aromatic ring is 1.